The number of para-hydroxylation sites is 1. The molecule has 0 bridgehead atoms. The Labute approximate surface area is 138 Å². The molecule has 1 aliphatic heterocycles. The zero-order chi connectivity index (χ0) is 15.5. The van der Waals surface area contributed by atoms with Crippen molar-refractivity contribution in [3.8, 4) is 5.69 Å². The lowest BCUT2D eigenvalue weighted by Gasteiger charge is -2.32. The number of rotatable bonds is 6. The Morgan fingerprint density at radius 3 is 2.52 bits per heavy atom. The van der Waals surface area contributed by atoms with Gasteiger partial charge in [-0.15, -0.1) is 0 Å². The summed E-state index contributed by atoms with van der Waals surface area (Å²) in [6.45, 7) is 4.60. The Kier molecular flexibility index (Phi) is 4.44. The van der Waals surface area contributed by atoms with Gasteiger partial charge in [-0.3, -0.25) is 4.90 Å². The van der Waals surface area contributed by atoms with Gasteiger partial charge in [0, 0.05) is 31.9 Å². The Morgan fingerprint density at radius 2 is 1.78 bits per heavy atom. The lowest BCUT2D eigenvalue weighted by molar-refractivity contribution is 0.187. The number of hydrogen-bond donors (Lipinski definition) is 1. The van der Waals surface area contributed by atoms with Crippen molar-refractivity contribution in [1.29, 1.82) is 0 Å². The standard InChI is InChI=1S/C19H26N4/c1-2-4-18(5-3-1)23-19(8-11-21-23)15-22-12-9-17(10-13-22)20-14-16-6-7-16/h1-5,8,11,16-17,20H,6-7,9-10,12-15H2. The molecule has 0 unspecified atom stereocenters. The van der Waals surface area contributed by atoms with Gasteiger partial charge in [-0.25, -0.2) is 4.68 Å². The average Bonchev–Trinajstić information content (AvgIpc) is 3.32. The largest absolute Gasteiger partial charge is 0.314 e. The van der Waals surface area contributed by atoms with Crippen molar-refractivity contribution in [2.45, 2.75) is 38.3 Å². The topological polar surface area (TPSA) is 33.1 Å². The average molecular weight is 310 g/mol. The first-order chi connectivity index (χ1) is 11.4. The van der Waals surface area contributed by atoms with E-state index in [2.05, 4.69) is 50.3 Å². The molecule has 23 heavy (non-hydrogen) atoms. The highest BCUT2D eigenvalue weighted by Crippen LogP contribution is 2.28. The Balaban J connectivity index is 1.32. The molecule has 0 spiro atoms. The third-order valence-corrected chi connectivity index (χ3v) is 5.09. The first-order valence-corrected chi connectivity index (χ1v) is 8.92. The summed E-state index contributed by atoms with van der Waals surface area (Å²) in [6.07, 6.45) is 7.33. The van der Waals surface area contributed by atoms with Gasteiger partial charge in [-0.05, 0) is 56.3 Å². The fourth-order valence-electron chi connectivity index (χ4n) is 3.43. The minimum absolute atomic E-state index is 0.728. The lowest BCUT2D eigenvalue weighted by Crippen LogP contribution is -2.42. The summed E-state index contributed by atoms with van der Waals surface area (Å²) in [5.41, 5.74) is 2.43. The molecule has 1 aromatic heterocycles. The molecule has 4 heteroatoms. The van der Waals surface area contributed by atoms with Gasteiger partial charge in [0.1, 0.15) is 0 Å². The smallest absolute Gasteiger partial charge is 0.0649 e. The summed E-state index contributed by atoms with van der Waals surface area (Å²) in [4.78, 5) is 2.56. The molecule has 2 aromatic rings. The molecule has 0 amide bonds. The molecule has 1 saturated heterocycles. The Morgan fingerprint density at radius 1 is 1.00 bits per heavy atom. The monoisotopic (exact) mass is 310 g/mol. The van der Waals surface area contributed by atoms with Crippen LogP contribution in [0.5, 0.6) is 0 Å². The van der Waals surface area contributed by atoms with E-state index in [1.54, 1.807) is 0 Å². The SMILES string of the molecule is c1ccc(-n2nccc2CN2CCC(NCC3CC3)CC2)cc1. The van der Waals surface area contributed by atoms with Gasteiger partial charge in [0.2, 0.25) is 0 Å². The summed E-state index contributed by atoms with van der Waals surface area (Å²) in [6, 6.07) is 13.3. The van der Waals surface area contributed by atoms with Crippen LogP contribution in [0.4, 0.5) is 0 Å². The van der Waals surface area contributed by atoms with Crippen molar-refractivity contribution in [1.82, 2.24) is 20.0 Å². The second-order valence-electron chi connectivity index (χ2n) is 6.97. The Bertz CT molecular complexity index is 609. The molecule has 1 N–H and O–H groups in total. The van der Waals surface area contributed by atoms with E-state index < -0.39 is 0 Å². The van der Waals surface area contributed by atoms with E-state index in [9.17, 15) is 0 Å². The molecule has 122 valence electrons. The number of hydrogen-bond acceptors (Lipinski definition) is 3. The number of nitrogens with zero attached hydrogens (tertiary/aromatic N) is 3. The number of nitrogens with one attached hydrogen (secondary N) is 1. The summed E-state index contributed by atoms with van der Waals surface area (Å²) in [5, 5.41) is 8.26. The van der Waals surface area contributed by atoms with Gasteiger partial charge in [0.15, 0.2) is 0 Å². The predicted octanol–water partition coefficient (Wildman–Crippen LogP) is 2.84. The maximum atomic E-state index is 4.50. The van der Waals surface area contributed by atoms with Crippen LogP contribution < -0.4 is 5.32 Å². The van der Waals surface area contributed by atoms with Crippen LogP contribution in [0.15, 0.2) is 42.6 Å². The van der Waals surface area contributed by atoms with E-state index >= 15 is 0 Å². The van der Waals surface area contributed by atoms with E-state index in [1.807, 2.05) is 12.3 Å². The van der Waals surface area contributed by atoms with Crippen molar-refractivity contribution in [2.75, 3.05) is 19.6 Å². The molecule has 4 nitrogen and oxygen atoms in total. The van der Waals surface area contributed by atoms with Crippen molar-refractivity contribution in [3.05, 3.63) is 48.3 Å². The summed E-state index contributed by atoms with van der Waals surface area (Å²) >= 11 is 0. The van der Waals surface area contributed by atoms with Crippen molar-refractivity contribution < 1.29 is 0 Å². The van der Waals surface area contributed by atoms with E-state index in [0.29, 0.717) is 0 Å². The van der Waals surface area contributed by atoms with Gasteiger partial charge in [0.25, 0.3) is 0 Å². The highest BCUT2D eigenvalue weighted by molar-refractivity contribution is 5.32. The molecular formula is C19H26N4. The molecule has 1 aliphatic carbocycles. The molecule has 0 radical (unpaired) electrons. The number of piperidine rings is 1. The fraction of sp³-hybridized carbons (Fsp3) is 0.526. The number of benzene rings is 1. The van der Waals surface area contributed by atoms with Crippen LogP contribution in [-0.4, -0.2) is 40.4 Å². The first-order valence-electron chi connectivity index (χ1n) is 8.92. The van der Waals surface area contributed by atoms with Crippen LogP contribution in [0.3, 0.4) is 0 Å². The van der Waals surface area contributed by atoms with Crippen molar-refractivity contribution in [3.63, 3.8) is 0 Å². The minimum Gasteiger partial charge on any atom is -0.314 e. The highest BCUT2D eigenvalue weighted by atomic mass is 15.3. The van der Waals surface area contributed by atoms with Crippen LogP contribution >= 0.6 is 0 Å². The normalized spacial score (nSPS) is 20.0. The molecule has 1 aromatic carbocycles. The third-order valence-electron chi connectivity index (χ3n) is 5.09. The molecular weight excluding hydrogens is 284 g/mol. The van der Waals surface area contributed by atoms with Crippen LogP contribution in [-0.2, 0) is 6.54 Å². The second-order valence-corrected chi connectivity index (χ2v) is 6.97. The van der Waals surface area contributed by atoms with Crippen LogP contribution in [0.25, 0.3) is 5.69 Å². The quantitative estimate of drug-likeness (QED) is 0.890. The molecule has 2 aliphatic rings. The van der Waals surface area contributed by atoms with Gasteiger partial charge in [0.05, 0.1) is 11.4 Å². The van der Waals surface area contributed by atoms with E-state index in [-0.39, 0.29) is 0 Å². The molecule has 1 saturated carbocycles. The maximum Gasteiger partial charge on any atom is 0.0649 e. The first kappa shape index (κ1) is 14.9. The molecule has 2 heterocycles. The van der Waals surface area contributed by atoms with Gasteiger partial charge < -0.3 is 5.32 Å². The maximum absolute atomic E-state index is 4.50. The third kappa shape index (κ3) is 3.82. The van der Waals surface area contributed by atoms with E-state index in [1.165, 1.54) is 51.0 Å². The van der Waals surface area contributed by atoms with Gasteiger partial charge in [-0.2, -0.15) is 5.10 Å². The summed E-state index contributed by atoms with van der Waals surface area (Å²) < 4.78 is 2.07. The van der Waals surface area contributed by atoms with Crippen molar-refractivity contribution in [2.24, 2.45) is 5.92 Å². The summed E-state index contributed by atoms with van der Waals surface area (Å²) in [7, 11) is 0. The van der Waals surface area contributed by atoms with E-state index in [4.69, 9.17) is 0 Å². The van der Waals surface area contributed by atoms with Crippen LogP contribution in [0.2, 0.25) is 0 Å². The zero-order valence-electron chi connectivity index (χ0n) is 13.7. The number of aromatic nitrogens is 2. The van der Waals surface area contributed by atoms with Crippen LogP contribution in [0.1, 0.15) is 31.4 Å². The number of likely N-dealkylation sites (tertiary alicyclic amines) is 1. The van der Waals surface area contributed by atoms with Crippen LogP contribution in [0, 0.1) is 5.92 Å². The van der Waals surface area contributed by atoms with Gasteiger partial charge in [-0.1, -0.05) is 18.2 Å². The van der Waals surface area contributed by atoms with Crippen molar-refractivity contribution >= 4 is 0 Å². The second kappa shape index (κ2) is 6.85. The zero-order valence-corrected chi connectivity index (χ0v) is 13.7. The lowest BCUT2D eigenvalue weighted by atomic mass is 10.0. The summed E-state index contributed by atoms with van der Waals surface area (Å²) in [5.74, 6) is 0.980. The molecule has 4 rings (SSSR count). The highest BCUT2D eigenvalue weighted by Gasteiger charge is 2.24. The fourth-order valence-corrected chi connectivity index (χ4v) is 3.43. The molecule has 0 atom stereocenters. The molecule has 2 fully saturated rings. The predicted molar refractivity (Wildman–Crippen MR) is 92.6 cm³/mol. The Hall–Kier alpha value is -1.65. The van der Waals surface area contributed by atoms with E-state index in [0.717, 1.165) is 24.2 Å². The van der Waals surface area contributed by atoms with Gasteiger partial charge >= 0.3 is 0 Å². The minimum atomic E-state index is 0.728.